The number of anilines is 3. The molecular weight excluding hydrogens is 436 g/mol. The molecule has 4 heterocycles. The van der Waals surface area contributed by atoms with Gasteiger partial charge in [0, 0.05) is 6.20 Å². The lowest BCUT2D eigenvalue weighted by Crippen LogP contribution is -2.17. The summed E-state index contributed by atoms with van der Waals surface area (Å²) in [6.07, 6.45) is 1.56. The van der Waals surface area contributed by atoms with Gasteiger partial charge >= 0.3 is 0 Å². The predicted molar refractivity (Wildman–Crippen MR) is 123 cm³/mol. The maximum Gasteiger partial charge on any atom is 0.263 e. The summed E-state index contributed by atoms with van der Waals surface area (Å²) in [5.41, 5.74) is 2.59. The summed E-state index contributed by atoms with van der Waals surface area (Å²) in [6, 6.07) is 12.3. The van der Waals surface area contributed by atoms with E-state index in [-0.39, 0.29) is 30.4 Å². The summed E-state index contributed by atoms with van der Waals surface area (Å²) in [5.74, 6) is 1.76. The lowest BCUT2D eigenvalue weighted by atomic mass is 10.1. The van der Waals surface area contributed by atoms with E-state index in [9.17, 15) is 9.90 Å². The molecule has 0 saturated carbocycles. The lowest BCUT2D eigenvalue weighted by Gasteiger charge is -2.19. The Morgan fingerprint density at radius 2 is 1.94 bits per heavy atom. The molecule has 1 aliphatic rings. The van der Waals surface area contributed by atoms with Gasteiger partial charge in [-0.25, -0.2) is 9.97 Å². The smallest absolute Gasteiger partial charge is 0.263 e. The molecule has 11 nitrogen and oxygen atoms in total. The zero-order valence-electron chi connectivity index (χ0n) is 18.5. The standard InChI is InChI=1S/C23H22N8O3/c1-12-19-15(21(33)25-12)8-9-18(28-19)29-23-24-10-16(22-26-13(2)31-34-22)20(30-23)27-17(11-32)14-6-4-3-5-7-14/h3-10,12,17,32H,11H2,1-2H3,(H,25,33)(H2,24,27,28,29,30)/t12?,17-/m1/s1. The van der Waals surface area contributed by atoms with Crippen LogP contribution in [0.15, 0.2) is 53.2 Å². The molecular formula is C23H22N8O3. The first kappa shape index (κ1) is 21.5. The normalized spacial score (nSPS) is 15.5. The lowest BCUT2D eigenvalue weighted by molar-refractivity contribution is 0.0958. The van der Waals surface area contributed by atoms with Crippen LogP contribution in [0.4, 0.5) is 17.6 Å². The van der Waals surface area contributed by atoms with E-state index in [4.69, 9.17) is 4.52 Å². The van der Waals surface area contributed by atoms with Gasteiger partial charge in [0.05, 0.1) is 29.9 Å². The van der Waals surface area contributed by atoms with E-state index in [1.54, 1.807) is 25.3 Å². The molecule has 5 rings (SSSR count). The molecule has 0 spiro atoms. The Morgan fingerprint density at radius 3 is 2.68 bits per heavy atom. The molecule has 3 aromatic heterocycles. The second-order valence-corrected chi connectivity index (χ2v) is 7.84. The van der Waals surface area contributed by atoms with Crippen LogP contribution < -0.4 is 16.0 Å². The van der Waals surface area contributed by atoms with Gasteiger partial charge in [-0.1, -0.05) is 35.5 Å². The number of benzene rings is 1. The SMILES string of the molecule is Cc1noc(-c2cnc(Nc3ccc4c(n3)C(C)NC4=O)nc2N[C@H](CO)c2ccccc2)n1. The van der Waals surface area contributed by atoms with Crippen molar-refractivity contribution in [3.05, 3.63) is 71.3 Å². The maximum absolute atomic E-state index is 12.0. The van der Waals surface area contributed by atoms with Gasteiger partial charge in [0.2, 0.25) is 5.95 Å². The number of nitrogens with zero attached hydrogens (tertiary/aromatic N) is 5. The highest BCUT2D eigenvalue weighted by Gasteiger charge is 2.27. The number of hydrogen-bond donors (Lipinski definition) is 4. The molecule has 0 saturated heterocycles. The minimum Gasteiger partial charge on any atom is -0.394 e. The van der Waals surface area contributed by atoms with E-state index < -0.39 is 6.04 Å². The number of aliphatic hydroxyl groups is 1. The molecule has 2 atom stereocenters. The van der Waals surface area contributed by atoms with Gasteiger partial charge in [0.1, 0.15) is 17.2 Å². The number of nitrogens with one attached hydrogen (secondary N) is 3. The zero-order chi connectivity index (χ0) is 23.7. The van der Waals surface area contributed by atoms with Crippen LogP contribution in [-0.2, 0) is 0 Å². The van der Waals surface area contributed by atoms with Crippen molar-refractivity contribution in [1.82, 2.24) is 30.4 Å². The Morgan fingerprint density at radius 1 is 1.12 bits per heavy atom. The van der Waals surface area contributed by atoms with Gasteiger partial charge in [-0.3, -0.25) is 4.79 Å². The Labute approximate surface area is 194 Å². The third-order valence-electron chi connectivity index (χ3n) is 5.41. The first-order valence-electron chi connectivity index (χ1n) is 10.7. The van der Waals surface area contributed by atoms with Crippen LogP contribution in [0.1, 0.15) is 46.4 Å². The number of rotatable bonds is 7. The molecule has 1 unspecified atom stereocenters. The van der Waals surface area contributed by atoms with Crippen LogP contribution in [0.2, 0.25) is 0 Å². The number of aromatic nitrogens is 5. The van der Waals surface area contributed by atoms with Crippen molar-refractivity contribution >= 4 is 23.5 Å². The number of carbonyl (C=O) groups excluding carboxylic acids is 1. The Kier molecular flexibility index (Phi) is 5.60. The fraction of sp³-hybridized carbons (Fsp3) is 0.217. The minimum absolute atomic E-state index is 0.139. The average Bonchev–Trinajstić information content (AvgIpc) is 3.40. The van der Waals surface area contributed by atoms with Gasteiger partial charge < -0.3 is 25.6 Å². The average molecular weight is 458 g/mol. The van der Waals surface area contributed by atoms with Crippen molar-refractivity contribution in [3.8, 4) is 11.5 Å². The number of aryl methyl sites for hydroxylation is 1. The van der Waals surface area contributed by atoms with Gasteiger partial charge in [0.15, 0.2) is 5.82 Å². The van der Waals surface area contributed by atoms with E-state index in [1.165, 1.54) is 0 Å². The quantitative estimate of drug-likeness (QED) is 0.325. The molecule has 0 aliphatic carbocycles. The molecule has 1 aliphatic heterocycles. The fourth-order valence-corrected chi connectivity index (χ4v) is 3.72. The Bertz CT molecular complexity index is 1340. The molecule has 1 amide bonds. The second kappa shape index (κ2) is 8.87. The highest BCUT2D eigenvalue weighted by molar-refractivity contribution is 5.98. The van der Waals surface area contributed by atoms with Crippen molar-refractivity contribution in [2.24, 2.45) is 0 Å². The van der Waals surface area contributed by atoms with Crippen LogP contribution in [0.5, 0.6) is 0 Å². The van der Waals surface area contributed by atoms with Crippen LogP contribution in [0.25, 0.3) is 11.5 Å². The van der Waals surface area contributed by atoms with Crippen molar-refractivity contribution in [3.63, 3.8) is 0 Å². The minimum atomic E-state index is -0.428. The second-order valence-electron chi connectivity index (χ2n) is 7.84. The third-order valence-corrected chi connectivity index (χ3v) is 5.41. The largest absolute Gasteiger partial charge is 0.394 e. The number of aliphatic hydroxyl groups excluding tert-OH is 1. The van der Waals surface area contributed by atoms with Crippen LogP contribution in [-0.4, -0.2) is 42.7 Å². The summed E-state index contributed by atoms with van der Waals surface area (Å²) in [7, 11) is 0. The van der Waals surface area contributed by atoms with Crippen molar-refractivity contribution in [2.75, 3.05) is 17.2 Å². The van der Waals surface area contributed by atoms with Gasteiger partial charge in [0.25, 0.3) is 11.8 Å². The summed E-state index contributed by atoms with van der Waals surface area (Å²) in [5, 5.41) is 23.1. The van der Waals surface area contributed by atoms with E-state index >= 15 is 0 Å². The molecule has 0 bridgehead atoms. The molecule has 0 radical (unpaired) electrons. The first-order chi connectivity index (χ1) is 16.5. The molecule has 172 valence electrons. The van der Waals surface area contributed by atoms with Gasteiger partial charge in [-0.15, -0.1) is 0 Å². The highest BCUT2D eigenvalue weighted by Crippen LogP contribution is 2.30. The summed E-state index contributed by atoms with van der Waals surface area (Å²) < 4.78 is 5.33. The molecule has 1 aromatic carbocycles. The summed E-state index contributed by atoms with van der Waals surface area (Å²) in [4.78, 5) is 29.8. The zero-order valence-corrected chi connectivity index (χ0v) is 18.5. The van der Waals surface area contributed by atoms with Gasteiger partial charge in [-0.05, 0) is 31.5 Å². The number of pyridine rings is 1. The van der Waals surface area contributed by atoms with Crippen LogP contribution in [0, 0.1) is 6.92 Å². The van der Waals surface area contributed by atoms with Crippen molar-refractivity contribution in [1.29, 1.82) is 0 Å². The van der Waals surface area contributed by atoms with Crippen LogP contribution in [0.3, 0.4) is 0 Å². The monoisotopic (exact) mass is 458 g/mol. The number of amides is 1. The topological polar surface area (TPSA) is 151 Å². The van der Waals surface area contributed by atoms with Crippen molar-refractivity contribution < 1.29 is 14.4 Å². The fourth-order valence-electron chi connectivity index (χ4n) is 3.72. The molecule has 34 heavy (non-hydrogen) atoms. The molecule has 4 N–H and O–H groups in total. The van der Waals surface area contributed by atoms with E-state index in [2.05, 4.69) is 41.0 Å². The maximum atomic E-state index is 12.0. The van der Waals surface area contributed by atoms with E-state index in [1.807, 2.05) is 37.3 Å². The highest BCUT2D eigenvalue weighted by atomic mass is 16.5. The van der Waals surface area contributed by atoms with Crippen molar-refractivity contribution in [2.45, 2.75) is 25.9 Å². The summed E-state index contributed by atoms with van der Waals surface area (Å²) >= 11 is 0. The first-order valence-corrected chi connectivity index (χ1v) is 10.7. The summed E-state index contributed by atoms with van der Waals surface area (Å²) in [6.45, 7) is 3.43. The molecule has 11 heteroatoms. The number of fused-ring (bicyclic) bond motifs is 1. The van der Waals surface area contributed by atoms with E-state index in [0.29, 0.717) is 34.3 Å². The predicted octanol–water partition coefficient (Wildman–Crippen LogP) is 2.92. The Balaban J connectivity index is 1.49. The number of hydrogen-bond acceptors (Lipinski definition) is 10. The van der Waals surface area contributed by atoms with Crippen LogP contribution >= 0.6 is 0 Å². The molecule has 0 fully saturated rings. The third kappa shape index (κ3) is 4.16. The van der Waals surface area contributed by atoms with Gasteiger partial charge in [-0.2, -0.15) is 9.97 Å². The Hall–Kier alpha value is -4.38. The van der Waals surface area contributed by atoms with E-state index in [0.717, 1.165) is 5.56 Å². The molecule has 4 aromatic rings. The number of carbonyl (C=O) groups is 1.